The summed E-state index contributed by atoms with van der Waals surface area (Å²) in [5, 5.41) is 22.1. The monoisotopic (exact) mass is 274 g/mol. The van der Waals surface area contributed by atoms with E-state index in [9.17, 15) is 9.90 Å². The van der Waals surface area contributed by atoms with Crippen LogP contribution in [-0.2, 0) is 0 Å². The standard InChI is InChI=1S/C14H10O4S/c15-12(13-9(14(16)17)5-6-18-13)10-7-19-11-4-2-1-3-8(10)11/h1-7,12,15H,(H,16,17). The van der Waals surface area contributed by atoms with Crippen LogP contribution in [0.4, 0.5) is 0 Å². The topological polar surface area (TPSA) is 70.7 Å². The van der Waals surface area contributed by atoms with Crippen molar-refractivity contribution in [2.24, 2.45) is 0 Å². The Labute approximate surface area is 112 Å². The van der Waals surface area contributed by atoms with Crippen LogP contribution in [0, 0.1) is 0 Å². The minimum absolute atomic E-state index is 0.0113. The largest absolute Gasteiger partial charge is 0.478 e. The van der Waals surface area contributed by atoms with Crippen molar-refractivity contribution >= 4 is 27.4 Å². The predicted octanol–water partition coefficient (Wildman–Crippen LogP) is 3.27. The summed E-state index contributed by atoms with van der Waals surface area (Å²) in [6.45, 7) is 0. The average molecular weight is 274 g/mol. The zero-order chi connectivity index (χ0) is 13.4. The van der Waals surface area contributed by atoms with E-state index < -0.39 is 12.1 Å². The molecule has 0 saturated carbocycles. The van der Waals surface area contributed by atoms with Crippen molar-refractivity contribution in [1.29, 1.82) is 0 Å². The Bertz CT molecular complexity index is 741. The fourth-order valence-electron chi connectivity index (χ4n) is 2.06. The summed E-state index contributed by atoms with van der Waals surface area (Å²) in [5.74, 6) is -1.04. The highest BCUT2D eigenvalue weighted by molar-refractivity contribution is 7.17. The third kappa shape index (κ3) is 1.93. The van der Waals surface area contributed by atoms with Gasteiger partial charge in [-0.3, -0.25) is 0 Å². The van der Waals surface area contributed by atoms with E-state index >= 15 is 0 Å². The van der Waals surface area contributed by atoms with Gasteiger partial charge in [0.05, 0.1) is 6.26 Å². The lowest BCUT2D eigenvalue weighted by molar-refractivity contribution is 0.0687. The van der Waals surface area contributed by atoms with Gasteiger partial charge in [-0.05, 0) is 22.9 Å². The number of thiophene rings is 1. The van der Waals surface area contributed by atoms with E-state index in [4.69, 9.17) is 9.52 Å². The molecule has 0 aliphatic carbocycles. The van der Waals surface area contributed by atoms with Gasteiger partial charge in [0, 0.05) is 10.3 Å². The molecule has 0 aliphatic heterocycles. The molecule has 96 valence electrons. The normalized spacial score (nSPS) is 12.7. The van der Waals surface area contributed by atoms with Crippen LogP contribution in [0.1, 0.15) is 27.8 Å². The maximum Gasteiger partial charge on any atom is 0.339 e. The summed E-state index contributed by atoms with van der Waals surface area (Å²) in [5.41, 5.74) is 0.654. The second kappa shape index (κ2) is 4.53. The number of aromatic carboxylic acids is 1. The number of carbonyl (C=O) groups is 1. The maximum atomic E-state index is 11.1. The van der Waals surface area contributed by atoms with Crippen LogP contribution in [0.15, 0.2) is 46.4 Å². The predicted molar refractivity (Wildman–Crippen MR) is 71.6 cm³/mol. The first-order valence-corrected chi connectivity index (χ1v) is 6.51. The number of hydrogen-bond acceptors (Lipinski definition) is 4. The summed E-state index contributed by atoms with van der Waals surface area (Å²) < 4.78 is 6.18. The molecular formula is C14H10O4S. The van der Waals surface area contributed by atoms with Crippen molar-refractivity contribution in [3.63, 3.8) is 0 Å². The van der Waals surface area contributed by atoms with Gasteiger partial charge in [0.15, 0.2) is 5.76 Å². The Kier molecular flexibility index (Phi) is 2.85. The van der Waals surface area contributed by atoms with Crippen molar-refractivity contribution in [1.82, 2.24) is 0 Å². The molecule has 2 N–H and O–H groups in total. The van der Waals surface area contributed by atoms with E-state index in [1.807, 2.05) is 29.6 Å². The molecule has 0 bridgehead atoms. The molecule has 2 aromatic heterocycles. The Morgan fingerprint density at radius 3 is 2.84 bits per heavy atom. The first-order chi connectivity index (χ1) is 9.18. The smallest absolute Gasteiger partial charge is 0.339 e. The molecule has 0 fully saturated rings. The van der Waals surface area contributed by atoms with Crippen molar-refractivity contribution < 1.29 is 19.4 Å². The highest BCUT2D eigenvalue weighted by atomic mass is 32.1. The summed E-state index contributed by atoms with van der Waals surface area (Å²) in [7, 11) is 0. The van der Waals surface area contributed by atoms with E-state index in [0.717, 1.165) is 10.1 Å². The molecule has 1 unspecified atom stereocenters. The van der Waals surface area contributed by atoms with Crippen LogP contribution >= 0.6 is 11.3 Å². The molecule has 5 heteroatoms. The van der Waals surface area contributed by atoms with Crippen LogP contribution in [0.2, 0.25) is 0 Å². The van der Waals surface area contributed by atoms with Crippen molar-refractivity contribution in [3.8, 4) is 0 Å². The van der Waals surface area contributed by atoms with Crippen molar-refractivity contribution in [2.75, 3.05) is 0 Å². The summed E-state index contributed by atoms with van der Waals surface area (Å²) in [6, 6.07) is 9.00. The Balaban J connectivity index is 2.11. The van der Waals surface area contributed by atoms with Gasteiger partial charge in [-0.2, -0.15) is 0 Å². The van der Waals surface area contributed by atoms with Gasteiger partial charge in [-0.15, -0.1) is 11.3 Å². The van der Waals surface area contributed by atoms with Crippen LogP contribution in [0.3, 0.4) is 0 Å². The third-order valence-corrected chi connectivity index (χ3v) is 3.96. The molecule has 0 radical (unpaired) electrons. The first kappa shape index (κ1) is 12.0. The van der Waals surface area contributed by atoms with E-state index in [1.54, 1.807) is 0 Å². The molecule has 3 rings (SSSR count). The van der Waals surface area contributed by atoms with E-state index in [0.29, 0.717) is 5.56 Å². The number of furan rings is 1. The van der Waals surface area contributed by atoms with Crippen LogP contribution in [0.5, 0.6) is 0 Å². The number of fused-ring (bicyclic) bond motifs is 1. The number of hydrogen-bond donors (Lipinski definition) is 2. The quantitative estimate of drug-likeness (QED) is 0.769. The number of benzene rings is 1. The van der Waals surface area contributed by atoms with Gasteiger partial charge >= 0.3 is 5.97 Å². The highest BCUT2D eigenvalue weighted by Gasteiger charge is 2.24. The summed E-state index contributed by atoms with van der Waals surface area (Å²) in [6.07, 6.45) is 0.202. The summed E-state index contributed by atoms with van der Waals surface area (Å²) in [4.78, 5) is 11.1. The van der Waals surface area contributed by atoms with Crippen molar-refractivity contribution in [2.45, 2.75) is 6.10 Å². The second-order valence-corrected chi connectivity index (χ2v) is 5.00. The molecule has 0 saturated heterocycles. The van der Waals surface area contributed by atoms with Crippen LogP contribution in [0.25, 0.3) is 10.1 Å². The molecule has 2 heterocycles. The molecule has 3 aromatic rings. The number of carboxylic acids is 1. The Morgan fingerprint density at radius 2 is 2.05 bits per heavy atom. The zero-order valence-corrected chi connectivity index (χ0v) is 10.6. The van der Waals surface area contributed by atoms with Gasteiger partial charge in [-0.25, -0.2) is 4.79 Å². The van der Waals surface area contributed by atoms with Gasteiger partial charge in [0.1, 0.15) is 11.7 Å². The van der Waals surface area contributed by atoms with Crippen LogP contribution in [-0.4, -0.2) is 16.2 Å². The fraction of sp³-hybridized carbons (Fsp3) is 0.0714. The number of rotatable bonds is 3. The highest BCUT2D eigenvalue weighted by Crippen LogP contribution is 2.34. The third-order valence-electron chi connectivity index (χ3n) is 2.98. The zero-order valence-electron chi connectivity index (χ0n) is 9.74. The van der Waals surface area contributed by atoms with Gasteiger partial charge in [0.2, 0.25) is 0 Å². The Morgan fingerprint density at radius 1 is 1.26 bits per heavy atom. The van der Waals surface area contributed by atoms with E-state index in [-0.39, 0.29) is 11.3 Å². The fourth-order valence-corrected chi connectivity index (χ4v) is 3.04. The van der Waals surface area contributed by atoms with Gasteiger partial charge in [-0.1, -0.05) is 18.2 Å². The van der Waals surface area contributed by atoms with Gasteiger partial charge < -0.3 is 14.6 Å². The molecule has 0 amide bonds. The Hall–Kier alpha value is -2.11. The minimum Gasteiger partial charge on any atom is -0.478 e. The summed E-state index contributed by atoms with van der Waals surface area (Å²) >= 11 is 1.50. The molecule has 1 aromatic carbocycles. The number of carboxylic acid groups (broad SMARTS) is 1. The molecule has 1 atom stereocenters. The first-order valence-electron chi connectivity index (χ1n) is 5.63. The van der Waals surface area contributed by atoms with E-state index in [1.165, 1.54) is 23.7 Å². The van der Waals surface area contributed by atoms with E-state index in [2.05, 4.69) is 0 Å². The SMILES string of the molecule is O=C(O)c1ccoc1C(O)c1csc2ccccc12. The molecule has 0 aliphatic rings. The lowest BCUT2D eigenvalue weighted by atomic mass is 10.0. The minimum atomic E-state index is -1.11. The maximum absolute atomic E-state index is 11.1. The molecule has 4 nitrogen and oxygen atoms in total. The average Bonchev–Trinajstić information content (AvgIpc) is 3.05. The van der Waals surface area contributed by atoms with Gasteiger partial charge in [0.25, 0.3) is 0 Å². The number of aliphatic hydroxyl groups is 1. The van der Waals surface area contributed by atoms with Crippen LogP contribution < -0.4 is 0 Å². The molecule has 19 heavy (non-hydrogen) atoms. The second-order valence-electron chi connectivity index (χ2n) is 4.09. The molecular weight excluding hydrogens is 264 g/mol. The molecule has 0 spiro atoms. The van der Waals surface area contributed by atoms with Crippen molar-refractivity contribution in [3.05, 3.63) is 58.9 Å². The lowest BCUT2D eigenvalue weighted by Gasteiger charge is -2.08. The number of aliphatic hydroxyl groups excluding tert-OH is 1. The lowest BCUT2D eigenvalue weighted by Crippen LogP contribution is -2.05.